The molecule has 1 amide bonds. The molecule has 1 heterocycles. The van der Waals surface area contributed by atoms with Crippen molar-refractivity contribution < 1.29 is 4.79 Å². The minimum Gasteiger partial charge on any atom is -0.353 e. The van der Waals surface area contributed by atoms with Crippen LogP contribution in [0, 0.1) is 0 Å². The Morgan fingerprint density at radius 1 is 1.26 bits per heavy atom. The maximum atomic E-state index is 12.0. The van der Waals surface area contributed by atoms with E-state index >= 15 is 0 Å². The fourth-order valence-electron chi connectivity index (χ4n) is 2.77. The van der Waals surface area contributed by atoms with Crippen LogP contribution in [-0.4, -0.2) is 21.9 Å². The number of hydrogen-bond donors (Lipinski definition) is 2. The van der Waals surface area contributed by atoms with Crippen molar-refractivity contribution in [3.63, 3.8) is 0 Å². The second kappa shape index (κ2) is 5.43. The highest BCUT2D eigenvalue weighted by Crippen LogP contribution is 2.17. The van der Waals surface area contributed by atoms with Gasteiger partial charge in [0.2, 0.25) is 5.91 Å². The summed E-state index contributed by atoms with van der Waals surface area (Å²) in [7, 11) is 0. The Labute approximate surface area is 112 Å². The van der Waals surface area contributed by atoms with Crippen molar-refractivity contribution in [1.29, 1.82) is 0 Å². The molecule has 0 unspecified atom stereocenters. The first kappa shape index (κ1) is 12.2. The molecule has 3 rings (SSSR count). The number of aromatic nitrogens is 2. The number of amides is 1. The maximum absolute atomic E-state index is 12.0. The molecule has 19 heavy (non-hydrogen) atoms. The van der Waals surface area contributed by atoms with Crippen LogP contribution in [0.15, 0.2) is 24.3 Å². The first-order valence-electron chi connectivity index (χ1n) is 7.04. The molecule has 0 atom stereocenters. The number of nitrogens with zero attached hydrogens (tertiary/aromatic N) is 1. The molecule has 0 spiro atoms. The van der Waals surface area contributed by atoms with Gasteiger partial charge in [-0.15, -0.1) is 0 Å². The molecule has 0 aliphatic heterocycles. The normalized spacial score (nSPS) is 16.6. The summed E-state index contributed by atoms with van der Waals surface area (Å²) < 4.78 is 0. The summed E-state index contributed by atoms with van der Waals surface area (Å²) >= 11 is 0. The van der Waals surface area contributed by atoms with E-state index in [4.69, 9.17) is 0 Å². The second-order valence-corrected chi connectivity index (χ2v) is 5.28. The molecule has 4 heteroatoms. The number of hydrogen-bond acceptors (Lipinski definition) is 2. The molecule has 0 saturated heterocycles. The first-order chi connectivity index (χ1) is 9.31. The van der Waals surface area contributed by atoms with Gasteiger partial charge >= 0.3 is 0 Å². The highest BCUT2D eigenvalue weighted by Gasteiger charge is 2.16. The van der Waals surface area contributed by atoms with Gasteiger partial charge in [0, 0.05) is 6.04 Å². The molecule has 0 bridgehead atoms. The third kappa shape index (κ3) is 2.95. The van der Waals surface area contributed by atoms with Gasteiger partial charge in [-0.3, -0.25) is 4.79 Å². The third-order valence-corrected chi connectivity index (χ3v) is 3.74. The predicted molar refractivity (Wildman–Crippen MR) is 74.8 cm³/mol. The molecule has 1 aromatic carbocycles. The zero-order valence-electron chi connectivity index (χ0n) is 11.0. The van der Waals surface area contributed by atoms with Crippen LogP contribution in [0.3, 0.4) is 0 Å². The van der Waals surface area contributed by atoms with E-state index in [1.165, 1.54) is 19.3 Å². The summed E-state index contributed by atoms with van der Waals surface area (Å²) in [6.45, 7) is 0. The summed E-state index contributed by atoms with van der Waals surface area (Å²) in [5, 5.41) is 3.11. The number of carbonyl (C=O) groups is 1. The molecule has 1 fully saturated rings. The predicted octanol–water partition coefficient (Wildman–Crippen LogP) is 2.55. The summed E-state index contributed by atoms with van der Waals surface area (Å²) in [5.41, 5.74) is 1.91. The number of imidazole rings is 1. The molecular weight excluding hydrogens is 238 g/mol. The van der Waals surface area contributed by atoms with E-state index in [9.17, 15) is 4.79 Å². The average molecular weight is 257 g/mol. The number of aromatic amines is 1. The van der Waals surface area contributed by atoms with Gasteiger partial charge in [0.15, 0.2) is 0 Å². The second-order valence-electron chi connectivity index (χ2n) is 5.28. The fraction of sp³-hybridized carbons (Fsp3) is 0.467. The van der Waals surface area contributed by atoms with Crippen LogP contribution in [0.1, 0.15) is 37.9 Å². The lowest BCUT2D eigenvalue weighted by molar-refractivity contribution is -0.121. The standard InChI is InChI=1S/C15H19N3O/c19-15(16-11-6-2-1-3-7-11)10-14-17-12-8-4-5-9-13(12)18-14/h4-5,8-9,11H,1-3,6-7,10H2,(H,16,19)(H,17,18). The van der Waals surface area contributed by atoms with Crippen molar-refractivity contribution >= 4 is 16.9 Å². The van der Waals surface area contributed by atoms with Gasteiger partial charge in [-0.2, -0.15) is 0 Å². The summed E-state index contributed by atoms with van der Waals surface area (Å²) in [6, 6.07) is 8.21. The van der Waals surface area contributed by atoms with Crippen LogP contribution >= 0.6 is 0 Å². The number of para-hydroxylation sites is 2. The number of H-pyrrole nitrogens is 1. The van der Waals surface area contributed by atoms with E-state index < -0.39 is 0 Å². The first-order valence-corrected chi connectivity index (χ1v) is 7.04. The number of rotatable bonds is 3. The lowest BCUT2D eigenvalue weighted by atomic mass is 9.95. The molecular formula is C15H19N3O. The summed E-state index contributed by atoms with van der Waals surface area (Å²) in [6.07, 6.45) is 6.34. The monoisotopic (exact) mass is 257 g/mol. The van der Waals surface area contributed by atoms with Crippen molar-refractivity contribution in [2.45, 2.75) is 44.6 Å². The molecule has 1 aliphatic rings. The Balaban J connectivity index is 1.62. The Kier molecular flexibility index (Phi) is 3.49. The van der Waals surface area contributed by atoms with E-state index in [0.717, 1.165) is 29.7 Å². The molecule has 2 aromatic rings. The Morgan fingerprint density at radius 2 is 2.05 bits per heavy atom. The average Bonchev–Trinajstić information content (AvgIpc) is 2.81. The molecule has 1 aromatic heterocycles. The topological polar surface area (TPSA) is 57.8 Å². The largest absolute Gasteiger partial charge is 0.353 e. The fourth-order valence-corrected chi connectivity index (χ4v) is 2.77. The third-order valence-electron chi connectivity index (χ3n) is 3.74. The zero-order chi connectivity index (χ0) is 13.1. The molecule has 0 radical (unpaired) electrons. The van der Waals surface area contributed by atoms with Crippen LogP contribution < -0.4 is 5.32 Å². The molecule has 2 N–H and O–H groups in total. The van der Waals surface area contributed by atoms with Crippen molar-refractivity contribution in [3.05, 3.63) is 30.1 Å². The van der Waals surface area contributed by atoms with Crippen molar-refractivity contribution in [3.8, 4) is 0 Å². The highest BCUT2D eigenvalue weighted by molar-refractivity contribution is 5.80. The van der Waals surface area contributed by atoms with Gasteiger partial charge in [-0.25, -0.2) is 4.98 Å². The highest BCUT2D eigenvalue weighted by atomic mass is 16.1. The van der Waals surface area contributed by atoms with Crippen LogP contribution in [0.5, 0.6) is 0 Å². The van der Waals surface area contributed by atoms with E-state index in [0.29, 0.717) is 12.5 Å². The number of fused-ring (bicyclic) bond motifs is 1. The molecule has 100 valence electrons. The van der Waals surface area contributed by atoms with Crippen molar-refractivity contribution in [1.82, 2.24) is 15.3 Å². The van der Waals surface area contributed by atoms with E-state index in [-0.39, 0.29) is 5.91 Å². The van der Waals surface area contributed by atoms with Crippen molar-refractivity contribution in [2.75, 3.05) is 0 Å². The maximum Gasteiger partial charge on any atom is 0.227 e. The van der Waals surface area contributed by atoms with Crippen molar-refractivity contribution in [2.24, 2.45) is 0 Å². The van der Waals surface area contributed by atoms with E-state index in [1.54, 1.807) is 0 Å². The Hall–Kier alpha value is -1.84. The van der Waals surface area contributed by atoms with Gasteiger partial charge in [0.25, 0.3) is 0 Å². The van der Waals surface area contributed by atoms with Gasteiger partial charge in [-0.05, 0) is 25.0 Å². The lowest BCUT2D eigenvalue weighted by Crippen LogP contribution is -2.37. The quantitative estimate of drug-likeness (QED) is 0.887. The summed E-state index contributed by atoms with van der Waals surface area (Å²) in [4.78, 5) is 19.6. The molecule has 1 saturated carbocycles. The van der Waals surface area contributed by atoms with Gasteiger partial charge in [0.05, 0.1) is 17.5 Å². The molecule has 1 aliphatic carbocycles. The minimum absolute atomic E-state index is 0.0750. The molecule has 4 nitrogen and oxygen atoms in total. The van der Waals surface area contributed by atoms with Crippen LogP contribution in [0.4, 0.5) is 0 Å². The summed E-state index contributed by atoms with van der Waals surface area (Å²) in [5.74, 6) is 0.820. The smallest absolute Gasteiger partial charge is 0.227 e. The van der Waals surface area contributed by atoms with Crippen LogP contribution in [-0.2, 0) is 11.2 Å². The lowest BCUT2D eigenvalue weighted by Gasteiger charge is -2.22. The number of carbonyl (C=O) groups excluding carboxylic acids is 1. The van der Waals surface area contributed by atoms with E-state index in [2.05, 4.69) is 15.3 Å². The number of benzene rings is 1. The van der Waals surface area contributed by atoms with Gasteiger partial charge in [-0.1, -0.05) is 31.4 Å². The van der Waals surface area contributed by atoms with Gasteiger partial charge < -0.3 is 10.3 Å². The van der Waals surface area contributed by atoms with Gasteiger partial charge in [0.1, 0.15) is 5.82 Å². The Bertz CT molecular complexity index is 537. The van der Waals surface area contributed by atoms with E-state index in [1.807, 2.05) is 24.3 Å². The van der Waals surface area contributed by atoms with Crippen LogP contribution in [0.2, 0.25) is 0 Å². The Morgan fingerprint density at radius 3 is 2.84 bits per heavy atom. The zero-order valence-corrected chi connectivity index (χ0v) is 11.0. The SMILES string of the molecule is O=C(Cc1nc2ccccc2[nH]1)NC1CCCCC1. The van der Waals surface area contributed by atoms with Crippen LogP contribution in [0.25, 0.3) is 11.0 Å². The number of nitrogens with one attached hydrogen (secondary N) is 2. The minimum atomic E-state index is 0.0750.